The third-order valence-electron chi connectivity index (χ3n) is 4.54. The van der Waals surface area contributed by atoms with Crippen LogP contribution in [-0.2, 0) is 14.9 Å². The zero-order valence-corrected chi connectivity index (χ0v) is 14.2. The predicted octanol–water partition coefficient (Wildman–Crippen LogP) is 3.57. The van der Waals surface area contributed by atoms with Gasteiger partial charge in [-0.15, -0.1) is 0 Å². The molecule has 0 bridgehead atoms. The highest BCUT2D eigenvalue weighted by Gasteiger charge is 2.25. The Morgan fingerprint density at radius 1 is 0.880 bits per heavy atom. The molecule has 2 saturated heterocycles. The number of hydrogen-bond donors (Lipinski definition) is 0. The zero-order chi connectivity index (χ0) is 19.8. The van der Waals surface area contributed by atoms with Crippen molar-refractivity contribution in [1.82, 2.24) is 0 Å². The molecule has 0 saturated carbocycles. The van der Waals surface area contributed by atoms with Crippen molar-refractivity contribution in [2.24, 2.45) is 0 Å². The van der Waals surface area contributed by atoms with Crippen LogP contribution in [0.25, 0.3) is 0 Å². The van der Waals surface area contributed by atoms with Gasteiger partial charge in [0.25, 0.3) is 0 Å². The molecule has 4 rings (SSSR count). The number of epoxide rings is 2. The largest absolute Gasteiger partial charge is 0.491 e. The monoisotopic (exact) mass is 343 g/mol. The Labute approximate surface area is 152 Å². The summed E-state index contributed by atoms with van der Waals surface area (Å²) in [7, 11) is 0. The lowest BCUT2D eigenvalue weighted by Crippen LogP contribution is -2.18. The molecular weight excluding hydrogens is 316 g/mol. The van der Waals surface area contributed by atoms with Crippen molar-refractivity contribution in [1.29, 1.82) is 0 Å². The van der Waals surface area contributed by atoms with Gasteiger partial charge in [0, 0.05) is 9.53 Å². The molecule has 0 amide bonds. The molecule has 2 aliphatic heterocycles. The summed E-state index contributed by atoms with van der Waals surface area (Å²) in [6.45, 7) is 2.04. The highest BCUT2D eigenvalue weighted by molar-refractivity contribution is 5.41. The number of rotatable bonds is 8. The highest BCUT2D eigenvalue weighted by atomic mass is 16.6. The van der Waals surface area contributed by atoms with E-state index in [1.54, 1.807) is 6.92 Å². The van der Waals surface area contributed by atoms with Gasteiger partial charge < -0.3 is 18.9 Å². The van der Waals surface area contributed by atoms with Crippen LogP contribution in [0.5, 0.6) is 11.5 Å². The number of benzene rings is 2. The molecule has 0 radical (unpaired) electrons. The SMILES string of the molecule is [2H]C([2H])([2H])C(C)(c1ccc(OC[C@@H]2CO2)cc1)c1ccc(OC[C@@H]2CO2)cc1. The van der Waals surface area contributed by atoms with Gasteiger partial charge in [-0.1, -0.05) is 38.0 Å². The average molecular weight is 343 g/mol. The Balaban J connectivity index is 1.54. The number of ether oxygens (including phenoxy) is 4. The van der Waals surface area contributed by atoms with Gasteiger partial charge in [-0.05, 0) is 35.4 Å². The quantitative estimate of drug-likeness (QED) is 0.687. The van der Waals surface area contributed by atoms with Gasteiger partial charge in [0.15, 0.2) is 0 Å². The van der Waals surface area contributed by atoms with Gasteiger partial charge in [-0.2, -0.15) is 0 Å². The molecule has 0 unspecified atom stereocenters. The van der Waals surface area contributed by atoms with Crippen LogP contribution in [-0.4, -0.2) is 38.6 Å². The van der Waals surface area contributed by atoms with Crippen LogP contribution in [0.4, 0.5) is 0 Å². The topological polar surface area (TPSA) is 43.5 Å². The second-order valence-corrected chi connectivity index (χ2v) is 6.71. The van der Waals surface area contributed by atoms with E-state index in [-0.39, 0.29) is 12.2 Å². The van der Waals surface area contributed by atoms with Crippen molar-refractivity contribution in [3.05, 3.63) is 59.7 Å². The minimum atomic E-state index is -2.22. The van der Waals surface area contributed by atoms with Crippen molar-refractivity contribution < 1.29 is 23.1 Å². The Morgan fingerprint density at radius 2 is 1.28 bits per heavy atom. The minimum Gasteiger partial charge on any atom is -0.491 e. The average Bonchev–Trinajstić information content (AvgIpc) is 3.59. The fourth-order valence-corrected chi connectivity index (χ4v) is 2.64. The summed E-state index contributed by atoms with van der Waals surface area (Å²) in [6.07, 6.45) is 0.360. The van der Waals surface area contributed by atoms with Gasteiger partial charge in [-0.25, -0.2) is 0 Å². The highest BCUT2D eigenvalue weighted by Crippen LogP contribution is 2.33. The minimum absolute atomic E-state index is 0.180. The van der Waals surface area contributed by atoms with Crippen LogP contribution < -0.4 is 9.47 Å². The molecule has 2 heterocycles. The predicted molar refractivity (Wildman–Crippen MR) is 95.5 cm³/mol. The third kappa shape index (κ3) is 4.14. The molecule has 2 fully saturated rings. The normalized spacial score (nSPS) is 24.0. The molecule has 0 spiro atoms. The van der Waals surface area contributed by atoms with Crippen LogP contribution in [0, 0.1) is 0 Å². The van der Waals surface area contributed by atoms with Crippen molar-refractivity contribution in [2.75, 3.05) is 26.4 Å². The first kappa shape index (κ1) is 13.2. The lowest BCUT2D eigenvalue weighted by Gasteiger charge is -2.26. The van der Waals surface area contributed by atoms with Crippen molar-refractivity contribution in [2.45, 2.75) is 31.4 Å². The van der Waals surface area contributed by atoms with E-state index in [9.17, 15) is 0 Å². The van der Waals surface area contributed by atoms with E-state index in [0.29, 0.717) is 35.8 Å². The third-order valence-corrected chi connectivity index (χ3v) is 4.54. The summed E-state index contributed by atoms with van der Waals surface area (Å²) in [5, 5.41) is 0. The molecule has 4 heteroatoms. The maximum Gasteiger partial charge on any atom is 0.119 e. The molecule has 2 atom stereocenters. The number of hydrogen-bond acceptors (Lipinski definition) is 4. The first-order chi connectivity index (χ1) is 13.4. The second kappa shape index (κ2) is 6.70. The molecular formula is C21H24O4. The first-order valence-corrected chi connectivity index (χ1v) is 8.56. The van der Waals surface area contributed by atoms with E-state index in [2.05, 4.69) is 0 Å². The van der Waals surface area contributed by atoms with Gasteiger partial charge in [0.2, 0.25) is 0 Å². The van der Waals surface area contributed by atoms with Gasteiger partial charge >= 0.3 is 0 Å². The van der Waals surface area contributed by atoms with E-state index >= 15 is 0 Å². The Morgan fingerprint density at radius 3 is 1.60 bits per heavy atom. The Kier molecular flexibility index (Phi) is 3.54. The standard InChI is InChI=1S/C21H24O4/c1-21(2,15-3-7-17(8-4-15)22-11-19-13-24-19)16-5-9-18(10-6-16)23-12-20-14-25-20/h3-10,19-20H,11-14H2,1-2H3/t19-,20-/m1/s1/i1D3. The summed E-state index contributed by atoms with van der Waals surface area (Å²) in [5.74, 6) is 1.41. The summed E-state index contributed by atoms with van der Waals surface area (Å²) in [6, 6.07) is 14.6. The molecule has 25 heavy (non-hydrogen) atoms. The summed E-state index contributed by atoms with van der Waals surface area (Å²) in [5.41, 5.74) is 0.272. The van der Waals surface area contributed by atoms with Crippen LogP contribution in [0.15, 0.2) is 48.5 Å². The summed E-state index contributed by atoms with van der Waals surface area (Å²) >= 11 is 0. The maximum atomic E-state index is 8.20. The molecule has 2 aromatic carbocycles. The molecule has 2 aliphatic rings. The Bertz CT molecular complexity index is 734. The lowest BCUT2D eigenvalue weighted by atomic mass is 9.78. The van der Waals surface area contributed by atoms with E-state index in [0.717, 1.165) is 13.2 Å². The van der Waals surface area contributed by atoms with Crippen LogP contribution in [0.1, 0.15) is 29.0 Å². The van der Waals surface area contributed by atoms with Crippen LogP contribution >= 0.6 is 0 Å². The van der Waals surface area contributed by atoms with Gasteiger partial charge in [-0.3, -0.25) is 0 Å². The Hall–Kier alpha value is -2.04. The van der Waals surface area contributed by atoms with Crippen molar-refractivity contribution >= 4 is 0 Å². The van der Waals surface area contributed by atoms with E-state index < -0.39 is 12.3 Å². The molecule has 0 aliphatic carbocycles. The first-order valence-electron chi connectivity index (χ1n) is 10.1. The smallest absolute Gasteiger partial charge is 0.119 e. The van der Waals surface area contributed by atoms with E-state index in [1.165, 1.54) is 0 Å². The van der Waals surface area contributed by atoms with Crippen molar-refractivity contribution in [3.63, 3.8) is 0 Å². The fraction of sp³-hybridized carbons (Fsp3) is 0.429. The summed E-state index contributed by atoms with van der Waals surface area (Å²) < 4.78 is 46.2. The van der Waals surface area contributed by atoms with Gasteiger partial charge in [0.05, 0.1) is 13.2 Å². The molecule has 4 nitrogen and oxygen atoms in total. The fourth-order valence-electron chi connectivity index (χ4n) is 2.64. The van der Waals surface area contributed by atoms with Crippen molar-refractivity contribution in [3.8, 4) is 11.5 Å². The second-order valence-electron chi connectivity index (χ2n) is 6.71. The molecule has 132 valence electrons. The van der Waals surface area contributed by atoms with Gasteiger partial charge in [0.1, 0.15) is 36.9 Å². The van der Waals surface area contributed by atoms with Crippen LogP contribution in [0.3, 0.4) is 0 Å². The van der Waals surface area contributed by atoms with E-state index in [1.807, 2.05) is 48.5 Å². The maximum absolute atomic E-state index is 8.20. The molecule has 0 aromatic heterocycles. The molecule has 2 aromatic rings. The summed E-state index contributed by atoms with van der Waals surface area (Å²) in [4.78, 5) is 0. The van der Waals surface area contributed by atoms with E-state index in [4.69, 9.17) is 23.1 Å². The lowest BCUT2D eigenvalue weighted by molar-refractivity contribution is 0.263. The zero-order valence-electron chi connectivity index (χ0n) is 17.2. The van der Waals surface area contributed by atoms with Crippen LogP contribution in [0.2, 0.25) is 0 Å². The molecule has 0 N–H and O–H groups in total.